The smallest absolute Gasteiger partial charge is 0.228 e. The molecule has 4 heteroatoms. The van der Waals surface area contributed by atoms with Crippen LogP contribution < -0.4 is 10.2 Å². The molecule has 0 aliphatic carbocycles. The highest BCUT2D eigenvalue weighted by molar-refractivity contribution is 5.93. The van der Waals surface area contributed by atoms with Crippen molar-refractivity contribution in [1.82, 2.24) is 10.2 Å². The van der Waals surface area contributed by atoms with Gasteiger partial charge in [-0.15, -0.1) is 0 Å². The summed E-state index contributed by atoms with van der Waals surface area (Å²) in [5.74, 6) is 0.176. The lowest BCUT2D eigenvalue weighted by molar-refractivity contribution is -0.118. The standard InChI is InChI=1S/C16H27N3O/c1-5-19(15-8-6-7-14(2)13-15)16(20)9-10-17-11-12-18(3)4/h6-8,13,17H,5,9-12H2,1-4H3. The van der Waals surface area contributed by atoms with E-state index >= 15 is 0 Å². The predicted octanol–water partition coefficient (Wildman–Crippen LogP) is 1.89. The normalized spacial score (nSPS) is 10.8. The molecule has 0 saturated carbocycles. The van der Waals surface area contributed by atoms with E-state index in [4.69, 9.17) is 0 Å². The number of hydrogen-bond acceptors (Lipinski definition) is 3. The third-order valence-corrected chi connectivity index (χ3v) is 3.18. The zero-order valence-electron chi connectivity index (χ0n) is 13.1. The molecule has 20 heavy (non-hydrogen) atoms. The lowest BCUT2D eigenvalue weighted by atomic mass is 10.2. The molecule has 0 unspecified atom stereocenters. The van der Waals surface area contributed by atoms with Crippen molar-refractivity contribution in [2.45, 2.75) is 20.3 Å². The number of aryl methyl sites for hydroxylation is 1. The van der Waals surface area contributed by atoms with E-state index in [9.17, 15) is 4.79 Å². The molecule has 1 N–H and O–H groups in total. The number of nitrogens with one attached hydrogen (secondary N) is 1. The van der Waals surface area contributed by atoms with Gasteiger partial charge in [-0.2, -0.15) is 0 Å². The molecule has 0 aliphatic rings. The van der Waals surface area contributed by atoms with Gasteiger partial charge < -0.3 is 15.1 Å². The van der Waals surface area contributed by atoms with Crippen molar-refractivity contribution in [2.24, 2.45) is 0 Å². The predicted molar refractivity (Wildman–Crippen MR) is 85.2 cm³/mol. The van der Waals surface area contributed by atoms with Crippen molar-refractivity contribution in [3.8, 4) is 0 Å². The number of carbonyl (C=O) groups is 1. The Bertz CT molecular complexity index is 418. The van der Waals surface area contributed by atoms with Gasteiger partial charge in [0.1, 0.15) is 0 Å². The van der Waals surface area contributed by atoms with Crippen LogP contribution in [0.1, 0.15) is 18.9 Å². The summed E-state index contributed by atoms with van der Waals surface area (Å²) in [6, 6.07) is 8.09. The van der Waals surface area contributed by atoms with Gasteiger partial charge in [-0.3, -0.25) is 4.79 Å². The number of likely N-dealkylation sites (N-methyl/N-ethyl adjacent to an activating group) is 1. The molecular formula is C16H27N3O. The van der Waals surface area contributed by atoms with Gasteiger partial charge in [0.2, 0.25) is 5.91 Å². The molecule has 1 aromatic carbocycles. The number of benzene rings is 1. The van der Waals surface area contributed by atoms with Crippen LogP contribution in [-0.2, 0) is 4.79 Å². The number of carbonyl (C=O) groups excluding carboxylic acids is 1. The van der Waals surface area contributed by atoms with Crippen molar-refractivity contribution in [3.63, 3.8) is 0 Å². The first-order valence-electron chi connectivity index (χ1n) is 7.27. The van der Waals surface area contributed by atoms with Gasteiger partial charge in [0.15, 0.2) is 0 Å². The second-order valence-electron chi connectivity index (χ2n) is 5.28. The number of nitrogens with zero attached hydrogens (tertiary/aromatic N) is 2. The molecule has 4 nitrogen and oxygen atoms in total. The van der Waals surface area contributed by atoms with Crippen molar-refractivity contribution < 1.29 is 4.79 Å². The maximum Gasteiger partial charge on any atom is 0.228 e. The van der Waals surface area contributed by atoms with E-state index in [2.05, 4.69) is 16.3 Å². The average Bonchev–Trinajstić information content (AvgIpc) is 2.39. The van der Waals surface area contributed by atoms with Gasteiger partial charge in [-0.1, -0.05) is 12.1 Å². The minimum absolute atomic E-state index is 0.176. The Morgan fingerprint density at radius 1 is 1.25 bits per heavy atom. The Balaban J connectivity index is 2.43. The van der Waals surface area contributed by atoms with Gasteiger partial charge in [-0.25, -0.2) is 0 Å². The third kappa shape index (κ3) is 5.72. The van der Waals surface area contributed by atoms with E-state index in [1.165, 1.54) is 5.56 Å². The van der Waals surface area contributed by atoms with Crippen LogP contribution in [0.25, 0.3) is 0 Å². The number of anilines is 1. The number of amides is 1. The van der Waals surface area contributed by atoms with Crippen molar-refractivity contribution >= 4 is 11.6 Å². The summed E-state index contributed by atoms with van der Waals surface area (Å²) in [5, 5.41) is 3.30. The van der Waals surface area contributed by atoms with Gasteiger partial charge in [-0.05, 0) is 45.6 Å². The molecule has 0 aromatic heterocycles. The number of rotatable bonds is 8. The van der Waals surface area contributed by atoms with Gasteiger partial charge >= 0.3 is 0 Å². The first kappa shape index (κ1) is 16.7. The highest BCUT2D eigenvalue weighted by Crippen LogP contribution is 2.16. The monoisotopic (exact) mass is 277 g/mol. The van der Waals surface area contributed by atoms with Crippen LogP contribution in [0.15, 0.2) is 24.3 Å². The fourth-order valence-electron chi connectivity index (χ4n) is 2.06. The van der Waals surface area contributed by atoms with Crippen LogP contribution in [0.5, 0.6) is 0 Å². The summed E-state index contributed by atoms with van der Waals surface area (Å²) < 4.78 is 0. The van der Waals surface area contributed by atoms with E-state index in [0.29, 0.717) is 13.0 Å². The Labute approximate surface area is 122 Å². The van der Waals surface area contributed by atoms with E-state index < -0.39 is 0 Å². The van der Waals surface area contributed by atoms with E-state index in [1.807, 2.05) is 51.0 Å². The topological polar surface area (TPSA) is 35.6 Å². The highest BCUT2D eigenvalue weighted by atomic mass is 16.2. The first-order valence-corrected chi connectivity index (χ1v) is 7.27. The minimum Gasteiger partial charge on any atom is -0.315 e. The summed E-state index contributed by atoms with van der Waals surface area (Å²) in [4.78, 5) is 16.2. The molecule has 0 spiro atoms. The second-order valence-corrected chi connectivity index (χ2v) is 5.28. The summed E-state index contributed by atoms with van der Waals surface area (Å²) in [6.45, 7) is 7.40. The number of hydrogen-bond donors (Lipinski definition) is 1. The van der Waals surface area contributed by atoms with Crippen LogP contribution in [0.3, 0.4) is 0 Å². The zero-order chi connectivity index (χ0) is 15.0. The van der Waals surface area contributed by atoms with Gasteiger partial charge in [0.05, 0.1) is 0 Å². The fraction of sp³-hybridized carbons (Fsp3) is 0.562. The SMILES string of the molecule is CCN(C(=O)CCNCCN(C)C)c1cccc(C)c1. The molecule has 1 aromatic rings. The van der Waals surface area contributed by atoms with E-state index in [1.54, 1.807) is 0 Å². The lowest BCUT2D eigenvalue weighted by Gasteiger charge is -2.21. The average molecular weight is 277 g/mol. The minimum atomic E-state index is 0.176. The lowest BCUT2D eigenvalue weighted by Crippen LogP contribution is -2.34. The van der Waals surface area contributed by atoms with Crippen LogP contribution in [0, 0.1) is 6.92 Å². The highest BCUT2D eigenvalue weighted by Gasteiger charge is 2.13. The van der Waals surface area contributed by atoms with Crippen LogP contribution >= 0.6 is 0 Å². The third-order valence-electron chi connectivity index (χ3n) is 3.18. The Hall–Kier alpha value is -1.39. The summed E-state index contributed by atoms with van der Waals surface area (Å²) >= 11 is 0. The van der Waals surface area contributed by atoms with E-state index in [0.717, 1.165) is 25.3 Å². The Morgan fingerprint density at radius 2 is 2.00 bits per heavy atom. The van der Waals surface area contributed by atoms with Crippen LogP contribution in [0.2, 0.25) is 0 Å². The molecule has 0 heterocycles. The maximum absolute atomic E-state index is 12.3. The van der Waals surface area contributed by atoms with Crippen molar-refractivity contribution in [1.29, 1.82) is 0 Å². The fourth-order valence-corrected chi connectivity index (χ4v) is 2.06. The Morgan fingerprint density at radius 3 is 2.60 bits per heavy atom. The molecule has 0 saturated heterocycles. The maximum atomic E-state index is 12.3. The molecule has 0 bridgehead atoms. The van der Waals surface area contributed by atoms with Crippen molar-refractivity contribution in [2.75, 3.05) is 45.2 Å². The summed E-state index contributed by atoms with van der Waals surface area (Å²) in [5.41, 5.74) is 2.17. The molecule has 1 rings (SSSR count). The molecule has 0 aliphatic heterocycles. The summed E-state index contributed by atoms with van der Waals surface area (Å²) in [6.07, 6.45) is 0.537. The molecule has 1 amide bonds. The Kier molecular flexibility index (Phi) is 7.26. The quantitative estimate of drug-likeness (QED) is 0.737. The van der Waals surface area contributed by atoms with E-state index in [-0.39, 0.29) is 5.91 Å². The first-order chi connectivity index (χ1) is 9.54. The zero-order valence-corrected chi connectivity index (χ0v) is 13.1. The van der Waals surface area contributed by atoms with Gasteiger partial charge in [0.25, 0.3) is 0 Å². The second kappa shape index (κ2) is 8.72. The molecule has 0 radical (unpaired) electrons. The molecule has 0 fully saturated rings. The largest absolute Gasteiger partial charge is 0.315 e. The molecule has 0 atom stereocenters. The van der Waals surface area contributed by atoms with Crippen LogP contribution in [-0.4, -0.2) is 51.1 Å². The molecule has 112 valence electrons. The van der Waals surface area contributed by atoms with Crippen molar-refractivity contribution in [3.05, 3.63) is 29.8 Å². The molecular weight excluding hydrogens is 250 g/mol. The van der Waals surface area contributed by atoms with Gasteiger partial charge in [0, 0.05) is 38.3 Å². The van der Waals surface area contributed by atoms with Crippen LogP contribution in [0.4, 0.5) is 5.69 Å². The summed E-state index contributed by atoms with van der Waals surface area (Å²) in [7, 11) is 4.09.